The van der Waals surface area contributed by atoms with Crippen molar-refractivity contribution in [2.75, 3.05) is 0 Å². The second-order valence-electron chi connectivity index (χ2n) is 17.1. The normalized spacial score (nSPS) is 12.7. The summed E-state index contributed by atoms with van der Waals surface area (Å²) < 4.78 is 0. The summed E-state index contributed by atoms with van der Waals surface area (Å²) in [7, 11) is 0. The molecular formula is C65H44. The average molecular weight is 825 g/mol. The number of hydrogen-bond donors (Lipinski definition) is 0. The molecule has 0 spiro atoms. The van der Waals surface area contributed by atoms with Gasteiger partial charge in [-0.05, 0) is 111 Å². The topological polar surface area (TPSA) is 0 Å². The Kier molecular flexibility index (Phi) is 9.50. The monoisotopic (exact) mass is 824 g/mol. The summed E-state index contributed by atoms with van der Waals surface area (Å²) in [6, 6.07) is 93.6. The van der Waals surface area contributed by atoms with Gasteiger partial charge in [0, 0.05) is 0 Å². The van der Waals surface area contributed by atoms with Crippen molar-refractivity contribution in [3.63, 3.8) is 0 Å². The van der Waals surface area contributed by atoms with E-state index in [1.54, 1.807) is 0 Å². The van der Waals surface area contributed by atoms with Gasteiger partial charge in [0.1, 0.15) is 0 Å². The quantitative estimate of drug-likeness (QED) is 0.106. The SMILES string of the molecule is C(=Cc1ccc(-c2c3ccccc3c(-c3ccc(-c4ccc(C5(c6ccccc6)c6ccccc6-c6ccccc65)cc4)cc3)c3ccccc23)cc1)c1ccc(-c2ccccc2)cc1. The van der Waals surface area contributed by atoms with Gasteiger partial charge in [-0.15, -0.1) is 0 Å². The van der Waals surface area contributed by atoms with Crippen LogP contribution >= 0.6 is 0 Å². The molecule has 0 amide bonds. The van der Waals surface area contributed by atoms with Crippen LogP contribution in [-0.2, 0) is 5.41 Å². The van der Waals surface area contributed by atoms with E-state index in [0.717, 1.165) is 0 Å². The molecule has 0 N–H and O–H groups in total. The molecule has 0 radical (unpaired) electrons. The number of rotatable bonds is 8. The molecule has 0 aliphatic heterocycles. The van der Waals surface area contributed by atoms with Gasteiger partial charge in [0.25, 0.3) is 0 Å². The van der Waals surface area contributed by atoms with Gasteiger partial charge in [-0.25, -0.2) is 0 Å². The van der Waals surface area contributed by atoms with E-state index in [-0.39, 0.29) is 0 Å². The highest BCUT2D eigenvalue weighted by molar-refractivity contribution is 6.21. The van der Waals surface area contributed by atoms with Crippen LogP contribution in [0.2, 0.25) is 0 Å². The summed E-state index contributed by atoms with van der Waals surface area (Å²) in [6.07, 6.45) is 4.40. The van der Waals surface area contributed by atoms with E-state index in [1.165, 1.54) is 111 Å². The highest BCUT2D eigenvalue weighted by atomic mass is 14.5. The molecule has 304 valence electrons. The minimum atomic E-state index is -0.402. The van der Waals surface area contributed by atoms with E-state index >= 15 is 0 Å². The van der Waals surface area contributed by atoms with Crippen molar-refractivity contribution in [2.24, 2.45) is 0 Å². The van der Waals surface area contributed by atoms with Crippen LogP contribution in [0, 0.1) is 0 Å². The van der Waals surface area contributed by atoms with Crippen LogP contribution in [0.15, 0.2) is 255 Å². The zero-order valence-corrected chi connectivity index (χ0v) is 35.9. The molecular weight excluding hydrogens is 781 g/mol. The largest absolute Gasteiger partial charge is 0.0713 e. The van der Waals surface area contributed by atoms with Crippen LogP contribution in [0.5, 0.6) is 0 Å². The first kappa shape index (κ1) is 38.4. The molecule has 0 unspecified atom stereocenters. The third-order valence-electron chi connectivity index (χ3n) is 13.6. The van der Waals surface area contributed by atoms with Gasteiger partial charge < -0.3 is 0 Å². The van der Waals surface area contributed by atoms with Crippen molar-refractivity contribution >= 4 is 33.7 Å². The molecule has 0 fully saturated rings. The Morgan fingerprint density at radius 1 is 0.231 bits per heavy atom. The third kappa shape index (κ3) is 6.54. The number of benzene rings is 11. The van der Waals surface area contributed by atoms with E-state index in [0.29, 0.717) is 0 Å². The molecule has 65 heavy (non-hydrogen) atoms. The summed E-state index contributed by atoms with van der Waals surface area (Å²) in [5, 5.41) is 5.02. The molecule has 0 bridgehead atoms. The Labute approximate surface area is 381 Å². The lowest BCUT2D eigenvalue weighted by molar-refractivity contribution is 0.768. The minimum absolute atomic E-state index is 0.402. The summed E-state index contributed by atoms with van der Waals surface area (Å²) in [4.78, 5) is 0. The molecule has 1 aliphatic rings. The Balaban J connectivity index is 0.873. The molecule has 0 atom stereocenters. The average Bonchev–Trinajstić information content (AvgIpc) is 3.69. The Morgan fingerprint density at radius 3 is 1.00 bits per heavy atom. The number of fused-ring (bicyclic) bond motifs is 5. The second-order valence-corrected chi connectivity index (χ2v) is 17.1. The maximum absolute atomic E-state index is 2.35. The van der Waals surface area contributed by atoms with Crippen molar-refractivity contribution < 1.29 is 0 Å². The van der Waals surface area contributed by atoms with Crippen molar-refractivity contribution in [2.45, 2.75) is 5.41 Å². The van der Waals surface area contributed by atoms with Crippen LogP contribution in [-0.4, -0.2) is 0 Å². The van der Waals surface area contributed by atoms with Gasteiger partial charge in [0.2, 0.25) is 0 Å². The van der Waals surface area contributed by atoms with Crippen LogP contribution < -0.4 is 0 Å². The van der Waals surface area contributed by atoms with Crippen LogP contribution in [0.3, 0.4) is 0 Å². The summed E-state index contributed by atoms with van der Waals surface area (Å²) in [5.41, 5.74) is 19.6. The van der Waals surface area contributed by atoms with Crippen molar-refractivity contribution in [1.82, 2.24) is 0 Å². The highest BCUT2D eigenvalue weighted by Gasteiger charge is 2.45. The van der Waals surface area contributed by atoms with Crippen molar-refractivity contribution in [1.29, 1.82) is 0 Å². The van der Waals surface area contributed by atoms with Crippen LogP contribution in [0.1, 0.15) is 33.4 Å². The molecule has 1 aliphatic carbocycles. The second kappa shape index (κ2) is 16.1. The van der Waals surface area contributed by atoms with E-state index < -0.39 is 5.41 Å². The van der Waals surface area contributed by atoms with Gasteiger partial charge in [0.05, 0.1) is 5.41 Å². The first-order chi connectivity index (χ1) is 32.2. The molecule has 0 saturated heterocycles. The van der Waals surface area contributed by atoms with E-state index in [9.17, 15) is 0 Å². The molecule has 11 aromatic rings. The molecule has 11 aromatic carbocycles. The predicted octanol–water partition coefficient (Wildman–Crippen LogP) is 17.2. The first-order valence-electron chi connectivity index (χ1n) is 22.6. The molecule has 0 heteroatoms. The molecule has 0 nitrogen and oxygen atoms in total. The molecule has 0 heterocycles. The number of hydrogen-bond acceptors (Lipinski definition) is 0. The smallest absolute Gasteiger partial charge is 0.0622 e. The maximum Gasteiger partial charge on any atom is 0.0713 e. The third-order valence-corrected chi connectivity index (χ3v) is 13.6. The van der Waals surface area contributed by atoms with Gasteiger partial charge >= 0.3 is 0 Å². The molecule has 0 saturated carbocycles. The van der Waals surface area contributed by atoms with Gasteiger partial charge in [-0.2, -0.15) is 0 Å². The fourth-order valence-electron chi connectivity index (χ4n) is 10.6. The zero-order chi connectivity index (χ0) is 43.2. The maximum atomic E-state index is 2.35. The predicted molar refractivity (Wildman–Crippen MR) is 276 cm³/mol. The van der Waals surface area contributed by atoms with Crippen LogP contribution in [0.4, 0.5) is 0 Å². The van der Waals surface area contributed by atoms with E-state index in [1.807, 2.05) is 0 Å². The Bertz CT molecular complexity index is 3420. The molecule has 0 aromatic heterocycles. The summed E-state index contributed by atoms with van der Waals surface area (Å²) in [6.45, 7) is 0. The zero-order valence-electron chi connectivity index (χ0n) is 35.9. The Hall–Kier alpha value is -8.32. The summed E-state index contributed by atoms with van der Waals surface area (Å²) in [5.74, 6) is 0. The van der Waals surface area contributed by atoms with Crippen molar-refractivity contribution in [3.8, 4) is 55.6 Å². The summed E-state index contributed by atoms with van der Waals surface area (Å²) >= 11 is 0. The van der Waals surface area contributed by atoms with Gasteiger partial charge in [-0.3, -0.25) is 0 Å². The fourth-order valence-corrected chi connectivity index (χ4v) is 10.6. The van der Waals surface area contributed by atoms with Gasteiger partial charge in [0.15, 0.2) is 0 Å². The highest BCUT2D eigenvalue weighted by Crippen LogP contribution is 2.56. The lowest BCUT2D eigenvalue weighted by atomic mass is 9.67. The first-order valence-corrected chi connectivity index (χ1v) is 22.6. The van der Waals surface area contributed by atoms with E-state index in [2.05, 4.69) is 267 Å². The van der Waals surface area contributed by atoms with Gasteiger partial charge in [-0.1, -0.05) is 267 Å². The molecule has 12 rings (SSSR count). The fraction of sp³-hybridized carbons (Fsp3) is 0.0154. The van der Waals surface area contributed by atoms with Crippen molar-refractivity contribution in [3.05, 3.63) is 288 Å². The Morgan fingerprint density at radius 2 is 0.538 bits per heavy atom. The lowest BCUT2D eigenvalue weighted by Gasteiger charge is -2.34. The minimum Gasteiger partial charge on any atom is -0.0622 e. The lowest BCUT2D eigenvalue weighted by Crippen LogP contribution is -2.28. The standard InChI is InChI=1S/C65H44/c1-3-15-47(16-4-1)48-33-29-45(30-34-48)27-28-46-31-35-51(36-32-46)63-57-21-7-9-23-59(57)64(60-24-10-8-22-58(60)63)52-39-37-49(38-40-52)50-41-43-54(44-42-50)65(53-17-5-2-6-18-53)61-25-13-11-19-55(61)56-20-12-14-26-62(56)65/h1-44H. The van der Waals surface area contributed by atoms with E-state index in [4.69, 9.17) is 0 Å². The van der Waals surface area contributed by atoms with Crippen LogP contribution in [0.25, 0.3) is 89.3 Å².